The van der Waals surface area contributed by atoms with Gasteiger partial charge in [0.15, 0.2) is 0 Å². The fraction of sp³-hybridized carbons (Fsp3) is 0.556. The maximum Gasteiger partial charge on any atom is 0.136 e. The van der Waals surface area contributed by atoms with E-state index in [1.165, 1.54) is 10.4 Å². The van der Waals surface area contributed by atoms with Gasteiger partial charge in [0.1, 0.15) is 12.4 Å². The van der Waals surface area contributed by atoms with Crippen LogP contribution in [0.15, 0.2) is 5.38 Å². The number of thiophene rings is 1. The normalized spacial score (nSPS) is 20.0. The summed E-state index contributed by atoms with van der Waals surface area (Å²) in [4.78, 5) is 1.39. The molecule has 1 N–H and O–H groups in total. The van der Waals surface area contributed by atoms with E-state index in [4.69, 9.17) is 4.74 Å². The van der Waals surface area contributed by atoms with Crippen LogP contribution in [-0.4, -0.2) is 19.7 Å². The van der Waals surface area contributed by atoms with E-state index in [9.17, 15) is 0 Å². The first-order valence-corrected chi connectivity index (χ1v) is 5.06. The summed E-state index contributed by atoms with van der Waals surface area (Å²) in [6.45, 7) is 2.91. The van der Waals surface area contributed by atoms with Gasteiger partial charge in [-0.15, -0.1) is 23.7 Å². The molecule has 0 saturated heterocycles. The van der Waals surface area contributed by atoms with Crippen molar-refractivity contribution in [1.82, 2.24) is 5.32 Å². The highest BCUT2D eigenvalue weighted by Crippen LogP contribution is 2.33. The molecular formula is C9H14ClNOS. The van der Waals surface area contributed by atoms with E-state index in [1.54, 1.807) is 11.3 Å². The molecule has 0 saturated carbocycles. The highest BCUT2D eigenvalue weighted by Gasteiger charge is 2.21. The molecule has 0 aliphatic carbocycles. The third kappa shape index (κ3) is 1.98. The van der Waals surface area contributed by atoms with Gasteiger partial charge in [-0.2, -0.15) is 0 Å². The average Bonchev–Trinajstić information content (AvgIpc) is 2.47. The maximum absolute atomic E-state index is 5.65. The first kappa shape index (κ1) is 10.8. The van der Waals surface area contributed by atoms with E-state index < -0.39 is 0 Å². The van der Waals surface area contributed by atoms with Crippen molar-refractivity contribution in [3.8, 4) is 5.75 Å². The smallest absolute Gasteiger partial charge is 0.136 e. The van der Waals surface area contributed by atoms with Gasteiger partial charge in [0.2, 0.25) is 0 Å². The summed E-state index contributed by atoms with van der Waals surface area (Å²) in [6, 6.07) is 0.496. The van der Waals surface area contributed by atoms with Crippen molar-refractivity contribution in [1.29, 1.82) is 0 Å². The lowest BCUT2D eigenvalue weighted by molar-refractivity contribution is 0.247. The van der Waals surface area contributed by atoms with Crippen LogP contribution in [0.5, 0.6) is 5.75 Å². The van der Waals surface area contributed by atoms with Gasteiger partial charge in [0, 0.05) is 22.9 Å². The SMILES string of the molecule is CNC1COc2c(C)csc2C1.Cl. The molecule has 0 aromatic carbocycles. The van der Waals surface area contributed by atoms with Crippen LogP contribution < -0.4 is 10.1 Å². The summed E-state index contributed by atoms with van der Waals surface area (Å²) in [5.74, 6) is 1.13. The van der Waals surface area contributed by atoms with Gasteiger partial charge in [-0.25, -0.2) is 0 Å². The molecule has 1 aromatic heterocycles. The summed E-state index contributed by atoms with van der Waals surface area (Å²) >= 11 is 1.81. The molecule has 0 fully saturated rings. The Balaban J connectivity index is 0.000000845. The predicted molar refractivity (Wildman–Crippen MR) is 58.4 cm³/mol. The van der Waals surface area contributed by atoms with Crippen molar-refractivity contribution in [2.24, 2.45) is 0 Å². The summed E-state index contributed by atoms with van der Waals surface area (Å²) in [5.41, 5.74) is 1.28. The molecule has 1 aromatic rings. The minimum atomic E-state index is 0. The number of aryl methyl sites for hydroxylation is 1. The molecule has 4 heteroatoms. The fourth-order valence-electron chi connectivity index (χ4n) is 1.47. The Morgan fingerprint density at radius 3 is 3.08 bits per heavy atom. The molecule has 0 bridgehead atoms. The number of halogens is 1. The number of hydrogen-bond acceptors (Lipinski definition) is 3. The minimum absolute atomic E-state index is 0. The average molecular weight is 220 g/mol. The number of likely N-dealkylation sites (N-methyl/N-ethyl adjacent to an activating group) is 1. The molecule has 13 heavy (non-hydrogen) atoms. The van der Waals surface area contributed by atoms with E-state index >= 15 is 0 Å². The molecule has 2 rings (SSSR count). The van der Waals surface area contributed by atoms with Gasteiger partial charge in [-0.3, -0.25) is 0 Å². The Hall–Kier alpha value is -0.250. The molecule has 1 aliphatic heterocycles. The molecule has 0 amide bonds. The Labute approximate surface area is 88.7 Å². The van der Waals surface area contributed by atoms with Crippen molar-refractivity contribution in [3.63, 3.8) is 0 Å². The standard InChI is InChI=1S/C9H13NOS.ClH/c1-6-5-12-8-3-7(10-2)4-11-9(6)8;/h5,7,10H,3-4H2,1-2H3;1H. The third-order valence-electron chi connectivity index (χ3n) is 2.26. The molecule has 74 valence electrons. The lowest BCUT2D eigenvalue weighted by atomic mass is 10.1. The second kappa shape index (κ2) is 4.31. The van der Waals surface area contributed by atoms with E-state index in [1.807, 2.05) is 7.05 Å². The van der Waals surface area contributed by atoms with Crippen molar-refractivity contribution in [2.75, 3.05) is 13.7 Å². The maximum atomic E-state index is 5.65. The van der Waals surface area contributed by atoms with Crippen LogP contribution in [0.4, 0.5) is 0 Å². The van der Waals surface area contributed by atoms with Crippen molar-refractivity contribution >= 4 is 23.7 Å². The Kier molecular flexibility index (Phi) is 3.59. The highest BCUT2D eigenvalue weighted by atomic mass is 35.5. The topological polar surface area (TPSA) is 21.3 Å². The van der Waals surface area contributed by atoms with Crippen LogP contribution in [-0.2, 0) is 6.42 Å². The zero-order chi connectivity index (χ0) is 8.55. The van der Waals surface area contributed by atoms with E-state index in [0.29, 0.717) is 6.04 Å². The van der Waals surface area contributed by atoms with Gasteiger partial charge in [0.25, 0.3) is 0 Å². The summed E-state index contributed by atoms with van der Waals surface area (Å²) in [5, 5.41) is 5.41. The molecule has 1 unspecified atom stereocenters. The minimum Gasteiger partial charge on any atom is -0.491 e. The van der Waals surface area contributed by atoms with E-state index in [-0.39, 0.29) is 12.4 Å². The molecule has 2 heterocycles. The van der Waals surface area contributed by atoms with E-state index in [0.717, 1.165) is 18.8 Å². The molecule has 2 nitrogen and oxygen atoms in total. The highest BCUT2D eigenvalue weighted by molar-refractivity contribution is 7.10. The molecule has 0 radical (unpaired) electrons. The molecule has 1 atom stereocenters. The summed E-state index contributed by atoms with van der Waals surface area (Å²) in [7, 11) is 1.99. The van der Waals surface area contributed by atoms with Crippen LogP contribution in [0, 0.1) is 6.92 Å². The largest absolute Gasteiger partial charge is 0.491 e. The number of ether oxygens (including phenoxy) is 1. The lowest BCUT2D eigenvalue weighted by Crippen LogP contribution is -2.36. The number of fused-ring (bicyclic) bond motifs is 1. The summed E-state index contributed by atoms with van der Waals surface area (Å²) < 4.78 is 5.65. The first-order chi connectivity index (χ1) is 5.81. The van der Waals surface area contributed by atoms with Gasteiger partial charge in [-0.05, 0) is 19.4 Å². The monoisotopic (exact) mass is 219 g/mol. The Morgan fingerprint density at radius 1 is 1.62 bits per heavy atom. The third-order valence-corrected chi connectivity index (χ3v) is 3.37. The number of nitrogens with one attached hydrogen (secondary N) is 1. The van der Waals surface area contributed by atoms with Crippen molar-refractivity contribution in [3.05, 3.63) is 15.8 Å². The van der Waals surface area contributed by atoms with Crippen LogP contribution in [0.2, 0.25) is 0 Å². The fourth-order valence-corrected chi connectivity index (χ4v) is 2.52. The van der Waals surface area contributed by atoms with Gasteiger partial charge in [-0.1, -0.05) is 0 Å². The van der Waals surface area contributed by atoms with Crippen LogP contribution in [0.25, 0.3) is 0 Å². The Morgan fingerprint density at radius 2 is 2.38 bits per heavy atom. The van der Waals surface area contributed by atoms with Crippen molar-refractivity contribution in [2.45, 2.75) is 19.4 Å². The molecule has 0 spiro atoms. The molecular weight excluding hydrogens is 206 g/mol. The second-order valence-corrected chi connectivity index (χ2v) is 4.14. The zero-order valence-electron chi connectivity index (χ0n) is 7.79. The zero-order valence-corrected chi connectivity index (χ0v) is 9.43. The molecule has 1 aliphatic rings. The first-order valence-electron chi connectivity index (χ1n) is 4.18. The summed E-state index contributed by atoms with van der Waals surface area (Å²) in [6.07, 6.45) is 1.12. The van der Waals surface area contributed by atoms with Crippen LogP contribution in [0.1, 0.15) is 10.4 Å². The predicted octanol–water partition coefficient (Wildman–Crippen LogP) is 2.00. The van der Waals surface area contributed by atoms with Crippen LogP contribution >= 0.6 is 23.7 Å². The van der Waals surface area contributed by atoms with Gasteiger partial charge < -0.3 is 10.1 Å². The number of rotatable bonds is 1. The van der Waals surface area contributed by atoms with Gasteiger partial charge in [0.05, 0.1) is 0 Å². The Bertz CT molecular complexity index is 287. The van der Waals surface area contributed by atoms with Gasteiger partial charge >= 0.3 is 0 Å². The second-order valence-electron chi connectivity index (χ2n) is 3.17. The number of hydrogen-bond donors (Lipinski definition) is 1. The van der Waals surface area contributed by atoms with E-state index in [2.05, 4.69) is 17.6 Å². The lowest BCUT2D eigenvalue weighted by Gasteiger charge is -2.22. The quantitative estimate of drug-likeness (QED) is 0.780. The van der Waals surface area contributed by atoms with Crippen molar-refractivity contribution < 1.29 is 4.74 Å². The van der Waals surface area contributed by atoms with Crippen LogP contribution in [0.3, 0.4) is 0 Å².